The second-order valence-electron chi connectivity index (χ2n) is 3.54. The maximum atomic E-state index is 11.2. The van der Waals surface area contributed by atoms with Crippen molar-refractivity contribution >= 4 is 5.91 Å². The van der Waals surface area contributed by atoms with Crippen LogP contribution in [0.15, 0.2) is 0 Å². The molecule has 76 valence electrons. The fourth-order valence-electron chi connectivity index (χ4n) is 1.71. The van der Waals surface area contributed by atoms with Crippen molar-refractivity contribution in [2.24, 2.45) is 0 Å². The van der Waals surface area contributed by atoms with Crippen molar-refractivity contribution in [2.45, 2.75) is 45.1 Å². The van der Waals surface area contributed by atoms with Crippen LogP contribution in [0.5, 0.6) is 0 Å². The number of amides is 1. The SMILES string of the molecule is CCOCC(=O)NC1CCCCC1. The van der Waals surface area contributed by atoms with Gasteiger partial charge >= 0.3 is 0 Å². The lowest BCUT2D eigenvalue weighted by Crippen LogP contribution is -2.38. The van der Waals surface area contributed by atoms with Gasteiger partial charge in [0.05, 0.1) is 0 Å². The van der Waals surface area contributed by atoms with Crippen LogP contribution in [-0.2, 0) is 9.53 Å². The summed E-state index contributed by atoms with van der Waals surface area (Å²) in [7, 11) is 0. The predicted octanol–water partition coefficient (Wildman–Crippen LogP) is 1.47. The lowest BCUT2D eigenvalue weighted by atomic mass is 9.95. The largest absolute Gasteiger partial charge is 0.372 e. The Morgan fingerprint density at radius 2 is 2.08 bits per heavy atom. The van der Waals surface area contributed by atoms with Gasteiger partial charge in [-0.05, 0) is 19.8 Å². The van der Waals surface area contributed by atoms with Crippen LogP contribution in [0, 0.1) is 0 Å². The van der Waals surface area contributed by atoms with Crippen molar-refractivity contribution in [3.05, 3.63) is 0 Å². The highest BCUT2D eigenvalue weighted by Crippen LogP contribution is 2.17. The van der Waals surface area contributed by atoms with Crippen LogP contribution in [0.4, 0.5) is 0 Å². The van der Waals surface area contributed by atoms with Gasteiger partial charge in [0, 0.05) is 12.6 Å². The van der Waals surface area contributed by atoms with Crippen LogP contribution >= 0.6 is 0 Å². The van der Waals surface area contributed by atoms with E-state index in [9.17, 15) is 4.79 Å². The molecule has 3 nitrogen and oxygen atoms in total. The molecular formula is C10H19NO2. The normalized spacial score (nSPS) is 18.5. The molecule has 1 aliphatic carbocycles. The van der Waals surface area contributed by atoms with Crippen LogP contribution in [0.25, 0.3) is 0 Å². The molecule has 0 atom stereocenters. The summed E-state index contributed by atoms with van der Waals surface area (Å²) in [4.78, 5) is 11.2. The van der Waals surface area contributed by atoms with E-state index in [4.69, 9.17) is 4.74 Å². The molecule has 0 aromatic rings. The molecule has 1 N–H and O–H groups in total. The zero-order valence-electron chi connectivity index (χ0n) is 8.34. The Kier molecular flexibility index (Phi) is 4.83. The highest BCUT2D eigenvalue weighted by Gasteiger charge is 2.14. The monoisotopic (exact) mass is 185 g/mol. The van der Waals surface area contributed by atoms with E-state index in [1.54, 1.807) is 0 Å². The molecule has 1 fully saturated rings. The second-order valence-corrected chi connectivity index (χ2v) is 3.54. The molecule has 0 bridgehead atoms. The Balaban J connectivity index is 2.11. The van der Waals surface area contributed by atoms with Gasteiger partial charge in [0.15, 0.2) is 0 Å². The lowest BCUT2D eigenvalue weighted by molar-refractivity contribution is -0.126. The Morgan fingerprint density at radius 3 is 2.69 bits per heavy atom. The molecule has 0 saturated heterocycles. The number of nitrogens with one attached hydrogen (secondary N) is 1. The number of hydrogen-bond acceptors (Lipinski definition) is 2. The van der Waals surface area contributed by atoms with Crippen molar-refractivity contribution < 1.29 is 9.53 Å². The zero-order chi connectivity index (χ0) is 9.52. The predicted molar refractivity (Wildman–Crippen MR) is 51.5 cm³/mol. The molecule has 0 aromatic heterocycles. The number of carbonyl (C=O) groups excluding carboxylic acids is 1. The summed E-state index contributed by atoms with van der Waals surface area (Å²) in [5.41, 5.74) is 0. The molecule has 1 rings (SSSR count). The van der Waals surface area contributed by atoms with E-state index >= 15 is 0 Å². The van der Waals surface area contributed by atoms with E-state index in [-0.39, 0.29) is 12.5 Å². The highest BCUT2D eigenvalue weighted by atomic mass is 16.5. The molecule has 0 heterocycles. The Bertz CT molecular complexity index is 153. The molecule has 1 aliphatic rings. The average Bonchev–Trinajstić information content (AvgIpc) is 2.16. The van der Waals surface area contributed by atoms with Crippen LogP contribution in [0.2, 0.25) is 0 Å². The van der Waals surface area contributed by atoms with Gasteiger partial charge in [0.2, 0.25) is 5.91 Å². The third kappa shape index (κ3) is 4.27. The van der Waals surface area contributed by atoms with E-state index in [0.29, 0.717) is 12.6 Å². The van der Waals surface area contributed by atoms with Gasteiger partial charge in [-0.3, -0.25) is 4.79 Å². The third-order valence-electron chi connectivity index (χ3n) is 2.41. The fourth-order valence-corrected chi connectivity index (χ4v) is 1.71. The van der Waals surface area contributed by atoms with E-state index in [2.05, 4.69) is 5.32 Å². The van der Waals surface area contributed by atoms with Gasteiger partial charge in [-0.15, -0.1) is 0 Å². The number of ether oxygens (including phenoxy) is 1. The van der Waals surface area contributed by atoms with Crippen LogP contribution < -0.4 is 5.32 Å². The van der Waals surface area contributed by atoms with Gasteiger partial charge in [0.1, 0.15) is 6.61 Å². The zero-order valence-corrected chi connectivity index (χ0v) is 8.34. The Labute approximate surface area is 79.8 Å². The molecule has 0 unspecified atom stereocenters. The minimum atomic E-state index is 0.0359. The van der Waals surface area contributed by atoms with Crippen LogP contribution in [0.1, 0.15) is 39.0 Å². The van der Waals surface area contributed by atoms with Crippen molar-refractivity contribution in [1.82, 2.24) is 5.32 Å². The lowest BCUT2D eigenvalue weighted by Gasteiger charge is -2.22. The minimum absolute atomic E-state index is 0.0359. The Hall–Kier alpha value is -0.570. The Morgan fingerprint density at radius 1 is 1.38 bits per heavy atom. The van der Waals surface area contributed by atoms with Crippen molar-refractivity contribution in [2.75, 3.05) is 13.2 Å². The first-order valence-corrected chi connectivity index (χ1v) is 5.20. The van der Waals surface area contributed by atoms with Crippen molar-refractivity contribution in [1.29, 1.82) is 0 Å². The smallest absolute Gasteiger partial charge is 0.246 e. The van der Waals surface area contributed by atoms with Gasteiger partial charge in [-0.1, -0.05) is 19.3 Å². The van der Waals surface area contributed by atoms with Crippen LogP contribution in [0.3, 0.4) is 0 Å². The van der Waals surface area contributed by atoms with E-state index in [1.165, 1.54) is 19.3 Å². The number of rotatable bonds is 4. The molecule has 0 radical (unpaired) electrons. The van der Waals surface area contributed by atoms with Crippen LogP contribution in [-0.4, -0.2) is 25.2 Å². The van der Waals surface area contributed by atoms with Gasteiger partial charge in [0.25, 0.3) is 0 Å². The summed E-state index contributed by atoms with van der Waals surface area (Å²) in [6.07, 6.45) is 6.09. The standard InChI is InChI=1S/C10H19NO2/c1-2-13-8-10(12)11-9-6-4-3-5-7-9/h9H,2-8H2,1H3,(H,11,12). The minimum Gasteiger partial charge on any atom is -0.372 e. The van der Waals surface area contributed by atoms with Gasteiger partial charge in [-0.25, -0.2) is 0 Å². The van der Waals surface area contributed by atoms with Crippen molar-refractivity contribution in [3.8, 4) is 0 Å². The van der Waals surface area contributed by atoms with Crippen molar-refractivity contribution in [3.63, 3.8) is 0 Å². The summed E-state index contributed by atoms with van der Waals surface area (Å²) in [5, 5.41) is 2.99. The highest BCUT2D eigenvalue weighted by molar-refractivity contribution is 5.77. The average molecular weight is 185 g/mol. The topological polar surface area (TPSA) is 38.3 Å². The molecule has 0 spiro atoms. The summed E-state index contributed by atoms with van der Waals surface area (Å²) in [5.74, 6) is 0.0359. The molecule has 3 heteroatoms. The second kappa shape index (κ2) is 5.97. The molecule has 1 saturated carbocycles. The molecule has 0 aliphatic heterocycles. The molecule has 1 amide bonds. The fraction of sp³-hybridized carbons (Fsp3) is 0.900. The quantitative estimate of drug-likeness (QED) is 0.720. The number of hydrogen-bond donors (Lipinski definition) is 1. The summed E-state index contributed by atoms with van der Waals surface area (Å²) in [6, 6.07) is 0.404. The van der Waals surface area contributed by atoms with Gasteiger partial charge < -0.3 is 10.1 Å². The summed E-state index contributed by atoms with van der Waals surface area (Å²) < 4.78 is 5.02. The first kappa shape index (κ1) is 10.5. The van der Waals surface area contributed by atoms with E-state index in [1.807, 2.05) is 6.92 Å². The summed E-state index contributed by atoms with van der Waals surface area (Å²) >= 11 is 0. The first-order chi connectivity index (χ1) is 6.33. The number of carbonyl (C=O) groups is 1. The summed E-state index contributed by atoms with van der Waals surface area (Å²) in [6.45, 7) is 2.72. The molecular weight excluding hydrogens is 166 g/mol. The first-order valence-electron chi connectivity index (χ1n) is 5.20. The maximum Gasteiger partial charge on any atom is 0.246 e. The van der Waals surface area contributed by atoms with E-state index < -0.39 is 0 Å². The van der Waals surface area contributed by atoms with E-state index in [0.717, 1.165) is 12.8 Å². The molecule has 13 heavy (non-hydrogen) atoms. The molecule has 0 aromatic carbocycles. The third-order valence-corrected chi connectivity index (χ3v) is 2.41. The maximum absolute atomic E-state index is 11.2. The van der Waals surface area contributed by atoms with Gasteiger partial charge in [-0.2, -0.15) is 0 Å².